The van der Waals surface area contributed by atoms with Gasteiger partial charge in [0.2, 0.25) is 0 Å². The van der Waals surface area contributed by atoms with Gasteiger partial charge in [0.05, 0.1) is 0 Å². The molecule has 0 nitrogen and oxygen atoms in total. The fourth-order valence-corrected chi connectivity index (χ4v) is 2.63. The van der Waals surface area contributed by atoms with E-state index in [-0.39, 0.29) is 0 Å². The molecule has 0 spiro atoms. The predicted octanol–water partition coefficient (Wildman–Crippen LogP) is 5.67. The molecule has 0 amide bonds. The smallest absolute Gasteiger partial charge is 0.0241 e. The van der Waals surface area contributed by atoms with Gasteiger partial charge in [0.25, 0.3) is 0 Å². The van der Waals surface area contributed by atoms with E-state index in [0.29, 0.717) is 0 Å². The van der Waals surface area contributed by atoms with E-state index in [4.69, 9.17) is 0 Å². The van der Waals surface area contributed by atoms with E-state index < -0.39 is 0 Å². The van der Waals surface area contributed by atoms with Gasteiger partial charge in [0, 0.05) is 0 Å². The van der Waals surface area contributed by atoms with Crippen molar-refractivity contribution >= 4 is 0 Å². The molecule has 0 aromatic carbocycles. The molecule has 1 fully saturated rings. The fourth-order valence-electron chi connectivity index (χ4n) is 2.63. The van der Waals surface area contributed by atoms with Crippen molar-refractivity contribution in [2.24, 2.45) is 0 Å². The highest BCUT2D eigenvalue weighted by Crippen LogP contribution is 2.28. The third-order valence-corrected chi connectivity index (χ3v) is 3.69. The van der Waals surface area contributed by atoms with Gasteiger partial charge in [-0.15, -0.1) is 0 Å². The summed E-state index contributed by atoms with van der Waals surface area (Å²) in [5.41, 5.74) is 0. The van der Waals surface area contributed by atoms with E-state index in [1.54, 1.807) is 0 Å². The molecular formula is C15H29. The molecule has 1 rings (SSSR count). The van der Waals surface area contributed by atoms with Crippen molar-refractivity contribution in [1.82, 2.24) is 0 Å². The van der Waals surface area contributed by atoms with Crippen molar-refractivity contribution in [1.29, 1.82) is 0 Å². The van der Waals surface area contributed by atoms with Gasteiger partial charge >= 0.3 is 0 Å². The van der Waals surface area contributed by atoms with Crippen LogP contribution >= 0.6 is 0 Å². The second kappa shape index (κ2) is 9.24. The highest BCUT2D eigenvalue weighted by molar-refractivity contribution is 4.89. The first-order valence-corrected chi connectivity index (χ1v) is 7.27. The molecule has 0 saturated heterocycles. The third kappa shape index (κ3) is 6.98. The van der Waals surface area contributed by atoms with Crippen LogP contribution in [0.25, 0.3) is 0 Å². The van der Waals surface area contributed by atoms with E-state index in [2.05, 4.69) is 6.92 Å². The monoisotopic (exact) mass is 209 g/mol. The minimum absolute atomic E-state index is 1.37. The summed E-state index contributed by atoms with van der Waals surface area (Å²) < 4.78 is 0. The van der Waals surface area contributed by atoms with E-state index in [1.165, 1.54) is 83.5 Å². The molecule has 0 heteroatoms. The van der Waals surface area contributed by atoms with Crippen molar-refractivity contribution in [3.8, 4) is 0 Å². The summed E-state index contributed by atoms with van der Waals surface area (Å²) in [7, 11) is 0. The van der Waals surface area contributed by atoms with Crippen molar-refractivity contribution in [2.45, 2.75) is 90.4 Å². The van der Waals surface area contributed by atoms with Crippen LogP contribution in [0.5, 0.6) is 0 Å². The molecule has 1 aliphatic rings. The van der Waals surface area contributed by atoms with Crippen LogP contribution in [-0.2, 0) is 0 Å². The van der Waals surface area contributed by atoms with E-state index >= 15 is 0 Å². The second-order valence-electron chi connectivity index (χ2n) is 5.18. The highest BCUT2D eigenvalue weighted by Gasteiger charge is 2.10. The molecule has 0 atom stereocenters. The van der Waals surface area contributed by atoms with Crippen LogP contribution < -0.4 is 0 Å². The minimum atomic E-state index is 1.37. The normalized spacial score (nSPS) is 19.8. The minimum Gasteiger partial charge on any atom is -0.0654 e. The first-order valence-electron chi connectivity index (χ1n) is 7.27. The fraction of sp³-hybridized carbons (Fsp3) is 0.933. The molecule has 0 unspecified atom stereocenters. The molecule has 1 saturated carbocycles. The topological polar surface area (TPSA) is 0 Å². The largest absolute Gasteiger partial charge is 0.0654 e. The Kier molecular flexibility index (Phi) is 8.05. The Bertz CT molecular complexity index is 120. The van der Waals surface area contributed by atoms with Gasteiger partial charge in [-0.3, -0.25) is 0 Å². The molecular weight excluding hydrogens is 180 g/mol. The second-order valence-corrected chi connectivity index (χ2v) is 5.18. The van der Waals surface area contributed by atoms with Gasteiger partial charge in [0.15, 0.2) is 0 Å². The zero-order valence-electron chi connectivity index (χ0n) is 10.7. The summed E-state index contributed by atoms with van der Waals surface area (Å²) in [5.74, 6) is 1.89. The average Bonchev–Trinajstić information content (AvgIpc) is 2.20. The van der Waals surface area contributed by atoms with Gasteiger partial charge in [-0.2, -0.15) is 0 Å². The average molecular weight is 209 g/mol. The Morgan fingerprint density at radius 2 is 1.33 bits per heavy atom. The zero-order chi connectivity index (χ0) is 10.8. The molecule has 0 N–H and O–H groups in total. The maximum absolute atomic E-state index is 2.30. The van der Waals surface area contributed by atoms with E-state index in [9.17, 15) is 0 Å². The van der Waals surface area contributed by atoms with Crippen LogP contribution in [0.2, 0.25) is 0 Å². The summed E-state index contributed by atoms with van der Waals surface area (Å²) in [4.78, 5) is 0. The lowest BCUT2D eigenvalue weighted by Crippen LogP contribution is -2.01. The number of unbranched alkanes of at least 4 members (excludes halogenated alkanes) is 4. The lowest BCUT2D eigenvalue weighted by atomic mass is 9.87. The summed E-state index contributed by atoms with van der Waals surface area (Å²) in [5, 5.41) is 0. The van der Waals surface area contributed by atoms with Crippen molar-refractivity contribution in [3.63, 3.8) is 0 Å². The summed E-state index contributed by atoms with van der Waals surface area (Å²) in [6, 6.07) is 0. The van der Waals surface area contributed by atoms with Crippen molar-refractivity contribution < 1.29 is 0 Å². The predicted molar refractivity (Wildman–Crippen MR) is 68.9 cm³/mol. The molecule has 0 bridgehead atoms. The Hall–Kier alpha value is 0. The summed E-state index contributed by atoms with van der Waals surface area (Å²) >= 11 is 0. The lowest BCUT2D eigenvalue weighted by molar-refractivity contribution is 0.490. The molecule has 0 aromatic heterocycles. The zero-order valence-corrected chi connectivity index (χ0v) is 10.7. The van der Waals surface area contributed by atoms with Gasteiger partial charge in [0.1, 0.15) is 0 Å². The number of hydrogen-bond acceptors (Lipinski definition) is 0. The molecule has 89 valence electrons. The Morgan fingerprint density at radius 3 is 2.00 bits per heavy atom. The molecule has 0 aromatic rings. The Labute approximate surface area is 96.8 Å². The molecule has 1 radical (unpaired) electrons. The molecule has 0 heterocycles. The SMILES string of the molecule is CCCCCCC[C]1CCCCCCC1. The third-order valence-electron chi connectivity index (χ3n) is 3.69. The molecule has 0 aliphatic heterocycles. The first-order chi connectivity index (χ1) is 7.43. The van der Waals surface area contributed by atoms with E-state index in [1.807, 2.05) is 5.92 Å². The lowest BCUT2D eigenvalue weighted by Gasteiger charge is -2.18. The quantitative estimate of drug-likeness (QED) is 0.495. The summed E-state index contributed by atoms with van der Waals surface area (Å²) in [6.45, 7) is 2.30. The number of hydrogen-bond donors (Lipinski definition) is 0. The number of rotatable bonds is 6. The van der Waals surface area contributed by atoms with Crippen LogP contribution in [0.3, 0.4) is 0 Å². The van der Waals surface area contributed by atoms with Gasteiger partial charge < -0.3 is 0 Å². The molecule has 1 aliphatic carbocycles. The van der Waals surface area contributed by atoms with Crippen LogP contribution in [0, 0.1) is 5.92 Å². The standard InChI is InChI=1S/C15H29/c1-2-3-4-6-9-12-15-13-10-7-5-8-11-14-15/h2-14H2,1H3. The van der Waals surface area contributed by atoms with Crippen LogP contribution in [-0.4, -0.2) is 0 Å². The highest BCUT2D eigenvalue weighted by atomic mass is 14.2. The maximum atomic E-state index is 2.30. The summed E-state index contributed by atoms with van der Waals surface area (Å²) in [6.07, 6.45) is 19.0. The van der Waals surface area contributed by atoms with Crippen LogP contribution in [0.15, 0.2) is 0 Å². The van der Waals surface area contributed by atoms with Gasteiger partial charge in [-0.05, 0) is 25.2 Å². The van der Waals surface area contributed by atoms with Crippen molar-refractivity contribution in [3.05, 3.63) is 5.92 Å². The van der Waals surface area contributed by atoms with Crippen molar-refractivity contribution in [2.75, 3.05) is 0 Å². The molecule has 15 heavy (non-hydrogen) atoms. The van der Waals surface area contributed by atoms with Crippen LogP contribution in [0.1, 0.15) is 90.4 Å². The first kappa shape index (κ1) is 13.1. The van der Waals surface area contributed by atoms with Gasteiger partial charge in [-0.25, -0.2) is 0 Å². The Balaban J connectivity index is 1.97. The maximum Gasteiger partial charge on any atom is -0.0241 e. The Morgan fingerprint density at radius 1 is 0.733 bits per heavy atom. The van der Waals surface area contributed by atoms with Crippen LogP contribution in [0.4, 0.5) is 0 Å². The van der Waals surface area contributed by atoms with Gasteiger partial charge in [-0.1, -0.05) is 71.1 Å². The van der Waals surface area contributed by atoms with E-state index in [0.717, 1.165) is 0 Å².